The highest BCUT2D eigenvalue weighted by molar-refractivity contribution is 6.32. The number of carbonyl (C=O) groups is 3. The van der Waals surface area contributed by atoms with Crippen molar-refractivity contribution >= 4 is 17.7 Å². The Balaban J connectivity index is 3.11. The van der Waals surface area contributed by atoms with Gasteiger partial charge in [0.2, 0.25) is 5.78 Å². The Labute approximate surface area is 330 Å². The fraction of sp³-hybridized carbons (Fsp3) is 0.925. The zero-order valence-corrected chi connectivity index (χ0v) is 34.1. The quantitative estimate of drug-likeness (QED) is 0.0482. The van der Waals surface area contributed by atoms with E-state index in [1.807, 2.05) is 0 Å². The smallest absolute Gasteiger partial charge is 0.372 e. The molecule has 0 rings (SSSR count). The van der Waals surface area contributed by atoms with Crippen LogP contribution in [0.1, 0.15) is 103 Å². The van der Waals surface area contributed by atoms with Gasteiger partial charge >= 0.3 is 11.9 Å². The minimum Gasteiger partial charge on any atom is -0.476 e. The number of esters is 1. The largest absolute Gasteiger partial charge is 0.476 e. The van der Waals surface area contributed by atoms with Crippen molar-refractivity contribution in [1.82, 2.24) is 0 Å². The summed E-state index contributed by atoms with van der Waals surface area (Å²) >= 11 is 0. The number of ketones is 1. The molecule has 0 saturated carbocycles. The standard InChI is InChI=1S/C40H76O15/c1-2-3-4-5-6-7-8-9-10-11-12-13-14-17-45-18-19-46-20-21-47-22-23-48-24-25-49-26-27-50-28-29-51-30-31-52-32-33-53-34-35-54-36-37-55-39(42)16-15-38(41)40(43)44/h2-37H2,1H3,(H,43,44). The predicted molar refractivity (Wildman–Crippen MR) is 207 cm³/mol. The van der Waals surface area contributed by atoms with Gasteiger partial charge in [0.15, 0.2) is 0 Å². The molecule has 15 heteroatoms. The monoisotopic (exact) mass is 797 g/mol. The third-order valence-electron chi connectivity index (χ3n) is 8.03. The van der Waals surface area contributed by atoms with E-state index < -0.39 is 17.7 Å². The number of hydrogen-bond acceptors (Lipinski definition) is 14. The third-order valence-corrected chi connectivity index (χ3v) is 8.03. The minimum atomic E-state index is -1.56. The highest BCUT2D eigenvalue weighted by Crippen LogP contribution is 2.12. The average molecular weight is 797 g/mol. The number of Topliss-reactive ketones (excluding diaryl/α,β-unsaturated/α-hetero) is 1. The lowest BCUT2D eigenvalue weighted by molar-refractivity contribution is -0.151. The first kappa shape index (κ1) is 53.2. The van der Waals surface area contributed by atoms with Crippen molar-refractivity contribution in [2.45, 2.75) is 103 Å². The summed E-state index contributed by atoms with van der Waals surface area (Å²) in [6.45, 7) is 12.0. The summed E-state index contributed by atoms with van der Waals surface area (Å²) in [7, 11) is 0. The summed E-state index contributed by atoms with van der Waals surface area (Å²) in [5.41, 5.74) is 0. The number of unbranched alkanes of at least 4 members (excludes halogenated alkanes) is 12. The van der Waals surface area contributed by atoms with E-state index in [0.29, 0.717) is 119 Å². The normalized spacial score (nSPS) is 11.4. The fourth-order valence-corrected chi connectivity index (χ4v) is 4.91. The van der Waals surface area contributed by atoms with Gasteiger partial charge < -0.3 is 57.2 Å². The molecule has 0 heterocycles. The van der Waals surface area contributed by atoms with Crippen LogP contribution in [0.2, 0.25) is 0 Å². The zero-order valence-electron chi connectivity index (χ0n) is 34.1. The van der Waals surface area contributed by atoms with E-state index in [1.165, 1.54) is 77.0 Å². The zero-order chi connectivity index (χ0) is 40.0. The molecule has 0 fully saturated rings. The Morgan fingerprint density at radius 3 is 0.873 bits per heavy atom. The van der Waals surface area contributed by atoms with E-state index in [0.717, 1.165) is 13.0 Å². The van der Waals surface area contributed by atoms with Crippen molar-refractivity contribution in [2.75, 3.05) is 139 Å². The van der Waals surface area contributed by atoms with Crippen LogP contribution >= 0.6 is 0 Å². The summed E-state index contributed by atoms with van der Waals surface area (Å²) in [6.07, 6.45) is 17.0. The van der Waals surface area contributed by atoms with Crippen LogP contribution in [0, 0.1) is 0 Å². The molecule has 0 atom stereocenters. The first-order chi connectivity index (χ1) is 27.1. The molecule has 0 spiro atoms. The molecule has 0 bridgehead atoms. The van der Waals surface area contributed by atoms with E-state index in [4.69, 9.17) is 57.2 Å². The molecule has 0 aliphatic rings. The SMILES string of the molecule is CCCCCCCCCCCCCCCOCCOCCOCCOCCOCCOCCOCCOCCOCCOCCOC(=O)CCC(=O)C(=O)O. The molecule has 326 valence electrons. The van der Waals surface area contributed by atoms with Crippen LogP contribution in [0.15, 0.2) is 0 Å². The van der Waals surface area contributed by atoms with E-state index >= 15 is 0 Å². The van der Waals surface area contributed by atoms with E-state index in [2.05, 4.69) is 6.92 Å². The van der Waals surface area contributed by atoms with Crippen molar-refractivity contribution in [3.63, 3.8) is 0 Å². The number of aliphatic carboxylic acids is 1. The van der Waals surface area contributed by atoms with Gasteiger partial charge in [-0.3, -0.25) is 9.59 Å². The molecule has 0 radical (unpaired) electrons. The maximum absolute atomic E-state index is 11.4. The van der Waals surface area contributed by atoms with E-state index in [-0.39, 0.29) is 26.1 Å². The summed E-state index contributed by atoms with van der Waals surface area (Å²) in [4.78, 5) is 32.7. The maximum Gasteiger partial charge on any atom is 0.372 e. The Kier molecular flexibility index (Phi) is 45.1. The molecule has 55 heavy (non-hydrogen) atoms. The van der Waals surface area contributed by atoms with Gasteiger partial charge in [0, 0.05) is 13.0 Å². The number of carboxylic acids is 1. The van der Waals surface area contributed by atoms with Crippen molar-refractivity contribution in [3.05, 3.63) is 0 Å². The second-order valence-corrected chi connectivity index (χ2v) is 12.8. The van der Waals surface area contributed by atoms with Gasteiger partial charge in [0.25, 0.3) is 0 Å². The lowest BCUT2D eigenvalue weighted by Crippen LogP contribution is -2.17. The lowest BCUT2D eigenvalue weighted by atomic mass is 10.0. The Morgan fingerprint density at radius 1 is 0.327 bits per heavy atom. The second kappa shape index (κ2) is 46.6. The van der Waals surface area contributed by atoms with E-state index in [9.17, 15) is 14.4 Å². The fourth-order valence-electron chi connectivity index (χ4n) is 4.91. The summed E-state index contributed by atoms with van der Waals surface area (Å²) in [5, 5.41) is 8.46. The van der Waals surface area contributed by atoms with Crippen molar-refractivity contribution in [3.8, 4) is 0 Å². The van der Waals surface area contributed by atoms with Gasteiger partial charge in [-0.25, -0.2) is 4.79 Å². The Morgan fingerprint density at radius 2 is 0.582 bits per heavy atom. The van der Waals surface area contributed by atoms with Gasteiger partial charge in [0.05, 0.1) is 132 Å². The van der Waals surface area contributed by atoms with Crippen LogP contribution in [-0.4, -0.2) is 162 Å². The van der Waals surface area contributed by atoms with Crippen molar-refractivity contribution in [2.24, 2.45) is 0 Å². The topological polar surface area (TPSA) is 173 Å². The molecule has 0 unspecified atom stereocenters. The van der Waals surface area contributed by atoms with Gasteiger partial charge in [-0.1, -0.05) is 84.0 Å². The van der Waals surface area contributed by atoms with Gasteiger partial charge in [-0.2, -0.15) is 0 Å². The van der Waals surface area contributed by atoms with Crippen LogP contribution in [-0.2, 0) is 66.5 Å². The minimum absolute atomic E-state index is 0.0166. The van der Waals surface area contributed by atoms with Crippen LogP contribution in [0.25, 0.3) is 0 Å². The molecule has 0 aromatic heterocycles. The van der Waals surface area contributed by atoms with Gasteiger partial charge in [0.1, 0.15) is 6.61 Å². The molecule has 0 aromatic rings. The van der Waals surface area contributed by atoms with E-state index in [1.54, 1.807) is 0 Å². The number of ether oxygens (including phenoxy) is 11. The lowest BCUT2D eigenvalue weighted by Gasteiger charge is -2.09. The molecule has 1 N–H and O–H groups in total. The van der Waals surface area contributed by atoms with Gasteiger partial charge in [-0.05, 0) is 6.42 Å². The molecular formula is C40H76O15. The summed E-state index contributed by atoms with van der Waals surface area (Å²) in [5.74, 6) is -3.23. The van der Waals surface area contributed by atoms with Crippen LogP contribution < -0.4 is 0 Å². The molecule has 0 aliphatic carbocycles. The van der Waals surface area contributed by atoms with Crippen LogP contribution in [0.4, 0.5) is 0 Å². The molecule has 0 saturated heterocycles. The third kappa shape index (κ3) is 46.5. The highest BCUT2D eigenvalue weighted by atomic mass is 16.6. The van der Waals surface area contributed by atoms with Gasteiger partial charge in [-0.15, -0.1) is 0 Å². The molecule has 0 aromatic carbocycles. The Hall–Kier alpha value is -1.79. The van der Waals surface area contributed by atoms with Crippen molar-refractivity contribution < 1.29 is 71.6 Å². The second-order valence-electron chi connectivity index (χ2n) is 12.8. The summed E-state index contributed by atoms with van der Waals surface area (Å²) < 4.78 is 59.6. The molecular weight excluding hydrogens is 720 g/mol. The number of carboxylic acid groups (broad SMARTS) is 1. The first-order valence-corrected chi connectivity index (χ1v) is 20.8. The van der Waals surface area contributed by atoms with Crippen molar-refractivity contribution in [1.29, 1.82) is 0 Å². The molecule has 0 aliphatic heterocycles. The maximum atomic E-state index is 11.4. The highest BCUT2D eigenvalue weighted by Gasteiger charge is 2.14. The molecule has 15 nitrogen and oxygen atoms in total. The number of carbonyl (C=O) groups excluding carboxylic acids is 2. The summed E-state index contributed by atoms with van der Waals surface area (Å²) in [6, 6.07) is 0. The van der Waals surface area contributed by atoms with Crippen LogP contribution in [0.3, 0.4) is 0 Å². The molecule has 0 amide bonds. The van der Waals surface area contributed by atoms with Crippen LogP contribution in [0.5, 0.6) is 0 Å². The Bertz CT molecular complexity index is 817. The average Bonchev–Trinajstić information content (AvgIpc) is 3.18. The first-order valence-electron chi connectivity index (χ1n) is 20.8. The number of hydrogen-bond donors (Lipinski definition) is 1. The predicted octanol–water partition coefficient (Wildman–Crippen LogP) is 5.22. The number of rotatable bonds is 48.